The lowest BCUT2D eigenvalue weighted by molar-refractivity contribution is 0.451. The van der Waals surface area contributed by atoms with Crippen molar-refractivity contribution >= 4 is 133 Å². The molecule has 0 fully saturated rings. The van der Waals surface area contributed by atoms with Crippen LogP contribution in [0, 0.1) is 0 Å². The molecule has 0 amide bonds. The van der Waals surface area contributed by atoms with Gasteiger partial charge in [-0.25, -0.2) is 0 Å². The van der Waals surface area contributed by atoms with E-state index >= 15 is 0 Å². The van der Waals surface area contributed by atoms with Gasteiger partial charge in [0.25, 0.3) is 0 Å². The van der Waals surface area contributed by atoms with Crippen molar-refractivity contribution in [3.63, 3.8) is 0 Å². The van der Waals surface area contributed by atoms with Gasteiger partial charge in [-0.05, 0) is 0 Å². The Kier molecular flexibility index (Phi) is 88.6. The summed E-state index contributed by atoms with van der Waals surface area (Å²) in [5.41, 5.74) is -0.451. The van der Waals surface area contributed by atoms with E-state index in [-0.39, 0.29) is 28.3 Å². The zero-order chi connectivity index (χ0) is 116. The van der Waals surface area contributed by atoms with Gasteiger partial charge in [0.1, 0.15) is 0 Å². The van der Waals surface area contributed by atoms with Gasteiger partial charge in [-0.1, -0.05) is 298 Å². The number of rotatable bonds is 5. The fourth-order valence-corrected chi connectivity index (χ4v) is 0. The summed E-state index contributed by atoms with van der Waals surface area (Å²) in [4.78, 5) is 157. The zero-order valence-corrected chi connectivity index (χ0v) is 111. The molecule has 36 nitrogen and oxygen atoms in total. The highest BCUT2D eigenvalue weighted by Crippen LogP contribution is 2.57. The van der Waals surface area contributed by atoms with Gasteiger partial charge in [-0.3, -0.25) is 82.2 Å². The highest BCUT2D eigenvalue weighted by molar-refractivity contribution is 7.63. The maximum absolute atomic E-state index is 10.8. The van der Waals surface area contributed by atoms with E-state index in [0.29, 0.717) is 0 Å². The summed E-state index contributed by atoms with van der Waals surface area (Å²) in [5, 5.41) is -4.97. The molecule has 0 bridgehead atoms. The maximum atomic E-state index is 10.8. The molecule has 18 N–H and O–H groups in total. The molecule has 0 aliphatic rings. The average molecular weight is 2300 g/mol. The van der Waals surface area contributed by atoms with Crippen molar-refractivity contribution in [1.29, 1.82) is 0 Å². The predicted molar refractivity (Wildman–Crippen MR) is 588 cm³/mol. The summed E-state index contributed by atoms with van der Waals surface area (Å²) in [7, 11) is -50.3. The Morgan fingerprint density at radius 3 is 0.135 bits per heavy atom. The van der Waals surface area contributed by atoms with Crippen LogP contribution in [0.4, 0.5) is 0 Å². The molecule has 834 valence electrons. The minimum Gasteiger partial charge on any atom is -0.345 e. The van der Waals surface area contributed by atoms with Crippen LogP contribution >= 0.6 is 133 Å². The minimum atomic E-state index is -2.85. The molecule has 0 heterocycles. The van der Waals surface area contributed by atoms with Crippen LogP contribution in [0.2, 0.25) is 0 Å². The van der Waals surface area contributed by atoms with Gasteiger partial charge in [0.2, 0.25) is 81.1 Å². The topological polar surface area (TPSA) is 671 Å². The Bertz CT molecular complexity index is 3240. The first-order valence-electron chi connectivity index (χ1n) is 41.9. The lowest BCUT2D eigenvalue weighted by Gasteiger charge is -2.21. The van der Waals surface area contributed by atoms with Crippen molar-refractivity contribution in [1.82, 2.24) is 0 Å². The smallest absolute Gasteiger partial charge is 0.202 e. The number of hydrogen-bond donors (Lipinski definition) is 18. The van der Waals surface area contributed by atoms with Crippen LogP contribution in [0.3, 0.4) is 0 Å². The van der Waals surface area contributed by atoms with Gasteiger partial charge in [0.15, 0.2) is 51.6 Å². The van der Waals surface area contributed by atoms with Crippen molar-refractivity contribution in [2.45, 2.75) is 383 Å². The standard InChI is InChI=1S/11C5H13O2P.5C4H11O2P.2C2H7O2P/c11*1-5(2,3)8(4,6)7;5*1-4(2)7(3,5)6;2*1-5(2,3)4/h11*1-4H3,(H,6,7);5*4H,1-3H3,(H,5,6);2*1-2H3,(H,3,4). The molecule has 0 rings (SSSR count). The van der Waals surface area contributed by atoms with Crippen LogP contribution in [-0.4, -0.2) is 306 Å². The molecule has 54 heteroatoms. The van der Waals surface area contributed by atoms with Crippen molar-refractivity contribution in [3.05, 3.63) is 0 Å². The summed E-state index contributed by atoms with van der Waals surface area (Å²) in [6.45, 7) is 103. The highest BCUT2D eigenvalue weighted by Gasteiger charge is 2.36. The maximum Gasteiger partial charge on any atom is 0.202 e. The van der Waals surface area contributed by atoms with E-state index < -0.39 is 189 Å². The number of hydrogen-bond acceptors (Lipinski definition) is 18. The third kappa shape index (κ3) is 137. The van der Waals surface area contributed by atoms with Gasteiger partial charge < -0.3 is 88.1 Å². The van der Waals surface area contributed by atoms with E-state index in [1.54, 1.807) is 298 Å². The van der Waals surface area contributed by atoms with Gasteiger partial charge in [-0.2, -0.15) is 0 Å². The fraction of sp³-hybridized carbons (Fsp3) is 1.00. The van der Waals surface area contributed by atoms with Crippen molar-refractivity contribution in [2.75, 3.05) is 133 Å². The zero-order valence-electron chi connectivity index (χ0n) is 94.8. The summed E-state index contributed by atoms with van der Waals surface area (Å²) >= 11 is 0. The largest absolute Gasteiger partial charge is 0.345 e. The average Bonchev–Trinajstić information content (AvgIpc) is 0.906. The molecule has 0 spiro atoms. The fourth-order valence-electron chi connectivity index (χ4n) is 0. The minimum absolute atomic E-state index is 0.0903. The van der Waals surface area contributed by atoms with Crippen LogP contribution < -0.4 is 0 Å². The lowest BCUT2D eigenvalue weighted by Crippen LogP contribution is -2.12. The van der Waals surface area contributed by atoms with E-state index in [2.05, 4.69) is 0 Å². The van der Waals surface area contributed by atoms with Gasteiger partial charge >= 0.3 is 0 Å². The van der Waals surface area contributed by atoms with Gasteiger partial charge in [-0.15, -0.1) is 0 Å². The third-order valence-electron chi connectivity index (χ3n) is 18.5. The Hall–Kier alpha value is 3.42. The summed E-state index contributed by atoms with van der Waals surface area (Å²) in [6.07, 6.45) is 0. The molecular weight excluding hydrogens is 2080 g/mol. The van der Waals surface area contributed by atoms with E-state index in [9.17, 15) is 82.2 Å². The lowest BCUT2D eigenvalue weighted by atomic mass is 10.3. The van der Waals surface area contributed by atoms with Crippen LogP contribution in [0.25, 0.3) is 0 Å². The van der Waals surface area contributed by atoms with Crippen molar-refractivity contribution < 1.29 is 170 Å². The van der Waals surface area contributed by atoms with Crippen molar-refractivity contribution in [3.8, 4) is 0 Å². The molecule has 0 aliphatic heterocycles. The first kappa shape index (κ1) is 178. The molecule has 0 aromatic carbocycles. The van der Waals surface area contributed by atoms with Gasteiger partial charge in [0, 0.05) is 218 Å². The monoisotopic (exact) mass is 2300 g/mol. The molecule has 0 aliphatic carbocycles. The quantitative estimate of drug-likeness (QED) is 0.114. The van der Waals surface area contributed by atoms with E-state index in [1.807, 2.05) is 0 Å². The van der Waals surface area contributed by atoms with Gasteiger partial charge in [0.05, 0.1) is 0 Å². The molecule has 133 heavy (non-hydrogen) atoms. The molecule has 0 aromatic heterocycles. The summed E-state index contributed by atoms with van der Waals surface area (Å²) in [6, 6.07) is 0. The molecule has 0 aromatic rings. The predicted octanol–water partition coefficient (Wildman–Crippen LogP) is 26.0. The second-order valence-corrected chi connectivity index (χ2v) is 100. The summed E-state index contributed by atoms with van der Waals surface area (Å²) < 4.78 is 191. The second kappa shape index (κ2) is 66.1. The molecule has 0 saturated carbocycles. The van der Waals surface area contributed by atoms with Crippen molar-refractivity contribution in [2.24, 2.45) is 0 Å². The Labute approximate surface area is 813 Å². The highest BCUT2D eigenvalue weighted by atomic mass is 31.2. The Morgan fingerprint density at radius 1 is 0.120 bits per heavy atom. The molecular formula is C79H212O36P18. The Morgan fingerprint density at radius 2 is 0.135 bits per heavy atom. The van der Waals surface area contributed by atoms with E-state index in [4.69, 9.17) is 88.1 Å². The normalized spacial score (nSPS) is 19.4. The van der Waals surface area contributed by atoms with E-state index in [1.165, 1.54) is 133 Å². The molecule has 0 radical (unpaired) electrons. The third-order valence-corrected chi connectivity index (χ3v) is 55.4. The summed E-state index contributed by atoms with van der Waals surface area (Å²) in [5.74, 6) is 0. The van der Waals surface area contributed by atoms with Crippen LogP contribution in [0.5, 0.6) is 0 Å². The SMILES string of the molecule is CC(C)(C)P(C)(=O)O.CC(C)(C)P(C)(=O)O.CC(C)(C)P(C)(=O)O.CC(C)(C)P(C)(=O)O.CC(C)(C)P(C)(=O)O.CC(C)(C)P(C)(=O)O.CC(C)(C)P(C)(=O)O.CC(C)(C)P(C)(=O)O.CC(C)(C)P(C)(=O)O.CC(C)(C)P(C)(=O)O.CC(C)(C)P(C)(=O)O.CC(C)P(C)(=O)O.CC(C)P(C)(=O)O.CC(C)P(C)(=O)O.CC(C)P(C)(=O)O.CC(C)P(C)(=O)O.CP(C)(=O)O.CP(C)(=O)O. The van der Waals surface area contributed by atoms with Crippen LogP contribution in [0.1, 0.15) is 298 Å². The molecule has 16 atom stereocenters. The first-order valence-corrected chi connectivity index (χ1v) is 81.0. The second-order valence-electron chi connectivity index (χ2n) is 46.3. The van der Waals surface area contributed by atoms with Crippen LogP contribution in [-0.2, 0) is 82.2 Å². The van der Waals surface area contributed by atoms with Crippen LogP contribution in [0.15, 0.2) is 0 Å². The Balaban J connectivity index is -0.0000000659. The molecule has 16 unspecified atom stereocenters. The van der Waals surface area contributed by atoms with E-state index in [0.717, 1.165) is 0 Å². The first-order chi connectivity index (χ1) is 54.5. The molecule has 0 saturated heterocycles.